The molecule has 1 aliphatic carbocycles. The van der Waals surface area contributed by atoms with E-state index in [9.17, 15) is 4.21 Å². The number of hydrogen-bond acceptors (Lipinski definition) is 5. The van der Waals surface area contributed by atoms with Gasteiger partial charge < -0.3 is 9.88 Å². The Balaban J connectivity index is 1.40. The highest BCUT2D eigenvalue weighted by Gasteiger charge is 2.34. The molecule has 1 atom stereocenters. The second-order valence-electron chi connectivity index (χ2n) is 6.69. The first-order valence-corrected chi connectivity index (χ1v) is 9.75. The molecule has 0 saturated heterocycles. The molecule has 1 fully saturated rings. The third-order valence-electron chi connectivity index (χ3n) is 5.05. The van der Waals surface area contributed by atoms with Gasteiger partial charge in [-0.2, -0.15) is 0 Å². The van der Waals surface area contributed by atoms with E-state index in [4.69, 9.17) is 0 Å². The van der Waals surface area contributed by atoms with Crippen LogP contribution in [0.1, 0.15) is 18.4 Å². The zero-order valence-corrected chi connectivity index (χ0v) is 15.2. The highest BCUT2D eigenvalue weighted by Crippen LogP contribution is 2.36. The van der Waals surface area contributed by atoms with Crippen LogP contribution in [0, 0.1) is 12.8 Å². The van der Waals surface area contributed by atoms with Gasteiger partial charge in [0.1, 0.15) is 17.8 Å². The summed E-state index contributed by atoms with van der Waals surface area (Å²) in [6.07, 6.45) is 9.04. The molecule has 0 radical (unpaired) electrons. The number of nitrogens with zero attached hydrogens (tertiary/aromatic N) is 4. The number of pyridine rings is 1. The molecule has 0 aliphatic heterocycles. The lowest BCUT2D eigenvalue weighted by atomic mass is 9.81. The Bertz CT molecular complexity index is 918. The predicted octanol–water partition coefficient (Wildman–Crippen LogP) is 2.68. The molecule has 1 aliphatic rings. The molecule has 130 valence electrons. The van der Waals surface area contributed by atoms with Gasteiger partial charge in [0.2, 0.25) is 0 Å². The van der Waals surface area contributed by atoms with Gasteiger partial charge >= 0.3 is 0 Å². The van der Waals surface area contributed by atoms with Gasteiger partial charge in [-0.05, 0) is 43.4 Å². The van der Waals surface area contributed by atoms with Crippen molar-refractivity contribution in [3.63, 3.8) is 0 Å². The van der Waals surface area contributed by atoms with Crippen molar-refractivity contribution in [2.45, 2.75) is 30.7 Å². The summed E-state index contributed by atoms with van der Waals surface area (Å²) in [7, 11) is 1.11. The van der Waals surface area contributed by atoms with Gasteiger partial charge in [0.15, 0.2) is 0 Å². The standard InChI is InChI=1S/C18H21N5OS/c1-12-3-5-19-9-16(12)25(24)10-13-7-14(8-13)23(2)18-15-4-6-20-17(15)21-11-22-18/h3-6,9,11,13-14H,7-8,10H2,1-2H3,(H,20,21,22). The number of aromatic nitrogens is 4. The summed E-state index contributed by atoms with van der Waals surface area (Å²) in [5.41, 5.74) is 1.91. The SMILES string of the molecule is Cc1ccncc1S(=O)CC1CC(N(C)c2ncnc3[nH]ccc23)C1. The Morgan fingerprint density at radius 3 is 2.96 bits per heavy atom. The first-order valence-electron chi connectivity index (χ1n) is 8.43. The van der Waals surface area contributed by atoms with Crippen molar-refractivity contribution in [1.29, 1.82) is 0 Å². The topological polar surface area (TPSA) is 74.8 Å². The number of aromatic amines is 1. The summed E-state index contributed by atoms with van der Waals surface area (Å²) in [6.45, 7) is 1.99. The number of aryl methyl sites for hydroxylation is 1. The molecule has 1 N–H and O–H groups in total. The molecule has 6 nitrogen and oxygen atoms in total. The van der Waals surface area contributed by atoms with E-state index in [0.717, 1.165) is 40.2 Å². The van der Waals surface area contributed by atoms with E-state index >= 15 is 0 Å². The van der Waals surface area contributed by atoms with Crippen LogP contribution in [0.25, 0.3) is 11.0 Å². The second kappa shape index (κ2) is 6.55. The molecule has 0 spiro atoms. The Kier molecular flexibility index (Phi) is 4.25. The smallest absolute Gasteiger partial charge is 0.142 e. The zero-order valence-electron chi connectivity index (χ0n) is 14.3. The van der Waals surface area contributed by atoms with Crippen molar-refractivity contribution >= 4 is 27.7 Å². The average molecular weight is 355 g/mol. The third kappa shape index (κ3) is 3.04. The van der Waals surface area contributed by atoms with E-state index in [2.05, 4.69) is 31.9 Å². The normalized spacial score (nSPS) is 21.0. The maximum Gasteiger partial charge on any atom is 0.142 e. The maximum atomic E-state index is 12.6. The molecule has 4 rings (SSSR count). The van der Waals surface area contributed by atoms with E-state index in [0.29, 0.717) is 17.7 Å². The number of anilines is 1. The van der Waals surface area contributed by atoms with Crippen LogP contribution in [-0.4, -0.2) is 43.0 Å². The summed E-state index contributed by atoms with van der Waals surface area (Å²) in [5, 5.41) is 1.04. The molecule has 7 heteroatoms. The molecule has 3 aromatic rings. The molecule has 0 aromatic carbocycles. The van der Waals surface area contributed by atoms with Crippen LogP contribution >= 0.6 is 0 Å². The Morgan fingerprint density at radius 1 is 1.32 bits per heavy atom. The van der Waals surface area contributed by atoms with Gasteiger partial charge in [-0.3, -0.25) is 9.19 Å². The van der Waals surface area contributed by atoms with Crippen molar-refractivity contribution in [2.24, 2.45) is 5.92 Å². The molecular weight excluding hydrogens is 334 g/mol. The van der Waals surface area contributed by atoms with Crippen LogP contribution in [0.3, 0.4) is 0 Å². The maximum absolute atomic E-state index is 12.6. The summed E-state index contributed by atoms with van der Waals surface area (Å²) >= 11 is 0. The van der Waals surface area contributed by atoms with Crippen molar-refractivity contribution in [2.75, 3.05) is 17.7 Å². The zero-order chi connectivity index (χ0) is 17.4. The van der Waals surface area contributed by atoms with Gasteiger partial charge in [0, 0.05) is 37.4 Å². The number of fused-ring (bicyclic) bond motifs is 1. The average Bonchev–Trinajstić information content (AvgIpc) is 3.06. The molecule has 1 unspecified atom stereocenters. The Labute approximate surface area is 149 Å². The fourth-order valence-electron chi connectivity index (χ4n) is 3.46. The molecular formula is C18H21N5OS. The van der Waals surface area contributed by atoms with E-state index in [-0.39, 0.29) is 0 Å². The van der Waals surface area contributed by atoms with Crippen LogP contribution < -0.4 is 4.90 Å². The highest BCUT2D eigenvalue weighted by molar-refractivity contribution is 7.85. The van der Waals surface area contributed by atoms with Crippen LogP contribution in [-0.2, 0) is 10.8 Å². The minimum Gasteiger partial charge on any atom is -0.356 e. The number of rotatable bonds is 5. The first kappa shape index (κ1) is 16.2. The summed E-state index contributed by atoms with van der Waals surface area (Å²) in [4.78, 5) is 19.0. The second-order valence-corrected chi connectivity index (χ2v) is 8.16. The van der Waals surface area contributed by atoms with Gasteiger partial charge in [-0.1, -0.05) is 0 Å². The quantitative estimate of drug-likeness (QED) is 0.762. The fourth-order valence-corrected chi connectivity index (χ4v) is 4.94. The lowest BCUT2D eigenvalue weighted by molar-refractivity contribution is 0.284. The molecule has 1 saturated carbocycles. The van der Waals surface area contributed by atoms with Crippen molar-refractivity contribution < 1.29 is 4.21 Å². The Morgan fingerprint density at radius 2 is 2.16 bits per heavy atom. The number of nitrogens with one attached hydrogen (secondary N) is 1. The molecule has 0 bridgehead atoms. The van der Waals surface area contributed by atoms with Gasteiger partial charge in [-0.15, -0.1) is 0 Å². The largest absolute Gasteiger partial charge is 0.356 e. The minimum absolute atomic E-state index is 0.435. The van der Waals surface area contributed by atoms with Crippen LogP contribution in [0.2, 0.25) is 0 Å². The molecule has 3 heterocycles. The molecule has 0 amide bonds. The lowest BCUT2D eigenvalue weighted by Crippen LogP contribution is -2.44. The third-order valence-corrected chi connectivity index (χ3v) is 6.74. The minimum atomic E-state index is -0.974. The summed E-state index contributed by atoms with van der Waals surface area (Å²) in [5.74, 6) is 2.15. The summed E-state index contributed by atoms with van der Waals surface area (Å²) in [6, 6.07) is 4.37. The first-order chi connectivity index (χ1) is 12.1. The monoisotopic (exact) mass is 355 g/mol. The van der Waals surface area contributed by atoms with E-state index in [1.54, 1.807) is 18.7 Å². The number of hydrogen-bond donors (Lipinski definition) is 1. The lowest BCUT2D eigenvalue weighted by Gasteiger charge is -2.41. The van der Waals surface area contributed by atoms with Crippen molar-refractivity contribution in [3.05, 3.63) is 42.6 Å². The van der Waals surface area contributed by atoms with E-state index in [1.165, 1.54) is 0 Å². The number of H-pyrrole nitrogens is 1. The summed E-state index contributed by atoms with van der Waals surface area (Å²) < 4.78 is 12.6. The van der Waals surface area contributed by atoms with E-state index in [1.807, 2.05) is 25.3 Å². The van der Waals surface area contributed by atoms with Crippen LogP contribution in [0.5, 0.6) is 0 Å². The van der Waals surface area contributed by atoms with Crippen molar-refractivity contribution in [1.82, 2.24) is 19.9 Å². The van der Waals surface area contributed by atoms with Crippen LogP contribution in [0.15, 0.2) is 41.9 Å². The Hall–Kier alpha value is -2.28. The fraction of sp³-hybridized carbons (Fsp3) is 0.389. The predicted molar refractivity (Wildman–Crippen MR) is 99.1 cm³/mol. The van der Waals surface area contributed by atoms with Gasteiger partial charge in [0.05, 0.1) is 21.1 Å². The van der Waals surface area contributed by atoms with E-state index < -0.39 is 10.8 Å². The van der Waals surface area contributed by atoms with Gasteiger partial charge in [0.25, 0.3) is 0 Å². The van der Waals surface area contributed by atoms with Crippen molar-refractivity contribution in [3.8, 4) is 0 Å². The van der Waals surface area contributed by atoms with Crippen LogP contribution in [0.4, 0.5) is 5.82 Å². The molecule has 3 aromatic heterocycles. The highest BCUT2D eigenvalue weighted by atomic mass is 32.2. The molecule has 25 heavy (non-hydrogen) atoms. The van der Waals surface area contributed by atoms with Gasteiger partial charge in [-0.25, -0.2) is 9.97 Å².